The van der Waals surface area contributed by atoms with Crippen LogP contribution in [0.2, 0.25) is 0 Å². The number of carboxylic acids is 2. The van der Waals surface area contributed by atoms with E-state index in [0.29, 0.717) is 0 Å². The fourth-order valence-corrected chi connectivity index (χ4v) is 1.42. The summed E-state index contributed by atoms with van der Waals surface area (Å²) in [6.45, 7) is 0. The van der Waals surface area contributed by atoms with Crippen LogP contribution >= 0.6 is 0 Å². The Morgan fingerprint density at radius 2 is 1.67 bits per heavy atom. The fourth-order valence-electron chi connectivity index (χ4n) is 1.42. The zero-order chi connectivity index (χ0) is 13.9. The Bertz CT molecular complexity index is 453. The predicted molar refractivity (Wildman–Crippen MR) is 58.0 cm³/mol. The van der Waals surface area contributed by atoms with Crippen LogP contribution in [0.25, 0.3) is 0 Å². The van der Waals surface area contributed by atoms with Crippen molar-refractivity contribution in [3.8, 4) is 5.75 Å². The number of aliphatic hydroxyl groups is 2. The third kappa shape index (κ3) is 2.76. The van der Waals surface area contributed by atoms with Crippen molar-refractivity contribution in [2.45, 2.75) is 18.1 Å². The summed E-state index contributed by atoms with van der Waals surface area (Å²) >= 11 is 0. The van der Waals surface area contributed by atoms with E-state index in [1.165, 1.54) is 24.3 Å². The Balaban J connectivity index is 3.03. The molecule has 0 bridgehead atoms. The normalized spacial score (nSPS) is 15.7. The molecule has 1 unspecified atom stereocenters. The van der Waals surface area contributed by atoms with Crippen LogP contribution < -0.4 is 0 Å². The monoisotopic (exact) mass is 256 g/mol. The Morgan fingerprint density at radius 1 is 1.17 bits per heavy atom. The van der Waals surface area contributed by atoms with Crippen molar-refractivity contribution in [2.24, 2.45) is 0 Å². The topological polar surface area (TPSA) is 135 Å². The molecule has 0 radical (unpaired) electrons. The summed E-state index contributed by atoms with van der Waals surface area (Å²) in [6.07, 6.45) is -3.06. The lowest BCUT2D eigenvalue weighted by molar-refractivity contribution is -0.183. The van der Waals surface area contributed by atoms with E-state index in [4.69, 9.17) is 15.3 Å². The molecule has 0 aliphatic carbocycles. The highest BCUT2D eigenvalue weighted by Gasteiger charge is 2.47. The van der Waals surface area contributed by atoms with Gasteiger partial charge in [-0.15, -0.1) is 0 Å². The van der Waals surface area contributed by atoms with Crippen molar-refractivity contribution < 1.29 is 35.1 Å². The molecular formula is C11H12O7. The molecular weight excluding hydrogens is 244 g/mol. The lowest BCUT2D eigenvalue weighted by atomic mass is 9.89. The highest BCUT2D eigenvalue weighted by atomic mass is 16.4. The predicted octanol–water partition coefficient (Wildman–Crippen LogP) is -0.804. The minimum atomic E-state index is -2.83. The lowest BCUT2D eigenvalue weighted by Crippen LogP contribution is -2.54. The third-order valence-electron chi connectivity index (χ3n) is 2.47. The van der Waals surface area contributed by atoms with E-state index in [1.807, 2.05) is 0 Å². The van der Waals surface area contributed by atoms with Crippen molar-refractivity contribution >= 4 is 11.9 Å². The molecule has 0 aliphatic heterocycles. The molecule has 0 aromatic heterocycles. The molecule has 18 heavy (non-hydrogen) atoms. The zero-order valence-electron chi connectivity index (χ0n) is 9.15. The molecule has 0 heterocycles. The van der Waals surface area contributed by atoms with Gasteiger partial charge >= 0.3 is 11.9 Å². The van der Waals surface area contributed by atoms with Gasteiger partial charge in [-0.1, -0.05) is 12.1 Å². The Kier molecular flexibility index (Phi) is 3.89. The SMILES string of the molecule is O=C(O)C(O)[C@@](O)(Cc1ccc(O)cc1)C(=O)O. The summed E-state index contributed by atoms with van der Waals surface area (Å²) in [5.74, 6) is -3.74. The van der Waals surface area contributed by atoms with Gasteiger partial charge in [-0.25, -0.2) is 9.59 Å². The van der Waals surface area contributed by atoms with Crippen molar-refractivity contribution in [1.29, 1.82) is 0 Å². The molecule has 7 heteroatoms. The summed E-state index contributed by atoms with van der Waals surface area (Å²) in [5.41, 5.74) is -2.57. The first kappa shape index (κ1) is 13.9. The number of aliphatic carboxylic acids is 2. The van der Waals surface area contributed by atoms with E-state index in [1.54, 1.807) is 0 Å². The number of carboxylic acid groups (broad SMARTS) is 2. The molecule has 7 nitrogen and oxygen atoms in total. The van der Waals surface area contributed by atoms with Crippen LogP contribution in [0, 0.1) is 0 Å². The van der Waals surface area contributed by atoms with Crippen molar-refractivity contribution in [1.82, 2.24) is 0 Å². The van der Waals surface area contributed by atoms with Crippen molar-refractivity contribution in [3.05, 3.63) is 29.8 Å². The summed E-state index contributed by atoms with van der Waals surface area (Å²) < 4.78 is 0. The second-order valence-electron chi connectivity index (χ2n) is 3.81. The Morgan fingerprint density at radius 3 is 2.06 bits per heavy atom. The van der Waals surface area contributed by atoms with Gasteiger partial charge in [0.15, 0.2) is 6.10 Å². The van der Waals surface area contributed by atoms with Crippen LogP contribution in [0.3, 0.4) is 0 Å². The molecule has 0 saturated carbocycles. The van der Waals surface area contributed by atoms with E-state index in [0.717, 1.165) is 0 Å². The van der Waals surface area contributed by atoms with Crippen LogP contribution in [-0.2, 0) is 16.0 Å². The largest absolute Gasteiger partial charge is 0.508 e. The molecule has 1 aromatic carbocycles. The molecule has 0 saturated heterocycles. The molecule has 1 aromatic rings. The minimum Gasteiger partial charge on any atom is -0.508 e. The number of rotatable bonds is 5. The number of aliphatic hydroxyl groups excluding tert-OH is 1. The maximum absolute atomic E-state index is 10.9. The zero-order valence-corrected chi connectivity index (χ0v) is 9.15. The van der Waals surface area contributed by atoms with Crippen molar-refractivity contribution in [2.75, 3.05) is 0 Å². The molecule has 2 atom stereocenters. The number of carbonyl (C=O) groups is 2. The highest BCUT2D eigenvalue weighted by Crippen LogP contribution is 2.20. The average Bonchev–Trinajstić information content (AvgIpc) is 2.30. The molecule has 98 valence electrons. The van der Waals surface area contributed by atoms with Gasteiger partial charge in [0.2, 0.25) is 5.60 Å². The summed E-state index contributed by atoms with van der Waals surface area (Å²) in [4.78, 5) is 21.5. The number of hydrogen-bond donors (Lipinski definition) is 5. The first-order valence-corrected chi connectivity index (χ1v) is 4.92. The van der Waals surface area contributed by atoms with Crippen LogP contribution in [0.15, 0.2) is 24.3 Å². The molecule has 0 spiro atoms. The van der Waals surface area contributed by atoms with Gasteiger partial charge in [0.1, 0.15) is 5.75 Å². The molecule has 0 amide bonds. The molecule has 5 N–H and O–H groups in total. The third-order valence-corrected chi connectivity index (χ3v) is 2.47. The van der Waals surface area contributed by atoms with Gasteiger partial charge in [-0.2, -0.15) is 0 Å². The summed E-state index contributed by atoms with van der Waals surface area (Å²) in [6, 6.07) is 5.14. The number of hydrogen-bond acceptors (Lipinski definition) is 5. The summed E-state index contributed by atoms with van der Waals surface area (Å²) in [7, 11) is 0. The van der Waals surface area contributed by atoms with Crippen molar-refractivity contribution in [3.63, 3.8) is 0 Å². The molecule has 0 aliphatic rings. The van der Waals surface area contributed by atoms with Gasteiger partial charge < -0.3 is 25.5 Å². The van der Waals surface area contributed by atoms with E-state index in [9.17, 15) is 19.8 Å². The average molecular weight is 256 g/mol. The first-order valence-electron chi connectivity index (χ1n) is 4.92. The van der Waals surface area contributed by atoms with Gasteiger partial charge in [-0.05, 0) is 17.7 Å². The Hall–Kier alpha value is -2.12. The van der Waals surface area contributed by atoms with Crippen LogP contribution in [0.5, 0.6) is 5.75 Å². The molecule has 1 rings (SSSR count). The van der Waals surface area contributed by atoms with Crippen LogP contribution in [0.1, 0.15) is 5.56 Å². The quantitative estimate of drug-likeness (QED) is 0.465. The summed E-state index contributed by atoms with van der Waals surface area (Å²) in [5, 5.41) is 45.5. The van der Waals surface area contributed by atoms with Crippen LogP contribution in [0.4, 0.5) is 0 Å². The highest BCUT2D eigenvalue weighted by molar-refractivity contribution is 5.87. The number of phenolic OH excluding ortho intramolecular Hbond substituents is 1. The maximum Gasteiger partial charge on any atom is 0.339 e. The first-order chi connectivity index (χ1) is 8.27. The van der Waals surface area contributed by atoms with E-state index >= 15 is 0 Å². The smallest absolute Gasteiger partial charge is 0.339 e. The second-order valence-corrected chi connectivity index (χ2v) is 3.81. The minimum absolute atomic E-state index is 0.0589. The number of aromatic hydroxyl groups is 1. The van der Waals surface area contributed by atoms with E-state index in [2.05, 4.69) is 0 Å². The standard InChI is InChI=1S/C11H12O7/c12-7-3-1-6(2-4-7)5-11(18,10(16)17)8(13)9(14)15/h1-4,8,12-13,18H,5H2,(H,14,15)(H,16,17)/t8?,11-/m0/s1. The van der Waals surface area contributed by atoms with Gasteiger partial charge in [0.25, 0.3) is 0 Å². The van der Waals surface area contributed by atoms with Crippen LogP contribution in [-0.4, -0.2) is 49.2 Å². The maximum atomic E-state index is 10.9. The van der Waals surface area contributed by atoms with Gasteiger partial charge in [-0.3, -0.25) is 0 Å². The molecule has 0 fully saturated rings. The Labute approximate surface area is 102 Å². The lowest BCUT2D eigenvalue weighted by Gasteiger charge is -2.26. The fraction of sp³-hybridized carbons (Fsp3) is 0.273. The van der Waals surface area contributed by atoms with E-state index in [-0.39, 0.29) is 11.3 Å². The van der Waals surface area contributed by atoms with E-state index < -0.39 is 30.1 Å². The van der Waals surface area contributed by atoms with Gasteiger partial charge in [0, 0.05) is 6.42 Å². The number of phenols is 1. The van der Waals surface area contributed by atoms with Gasteiger partial charge in [0.05, 0.1) is 0 Å². The number of benzene rings is 1. The second kappa shape index (κ2) is 5.03.